The van der Waals surface area contributed by atoms with E-state index in [1.165, 1.54) is 0 Å². The second kappa shape index (κ2) is 6.24. The summed E-state index contributed by atoms with van der Waals surface area (Å²) in [7, 11) is 2.00. The van der Waals surface area contributed by atoms with Crippen molar-refractivity contribution in [3.05, 3.63) is 77.9 Å². The van der Waals surface area contributed by atoms with Crippen LogP contribution < -0.4 is 4.57 Å². The van der Waals surface area contributed by atoms with Crippen molar-refractivity contribution in [2.24, 2.45) is 7.05 Å². The first-order valence-electron chi connectivity index (χ1n) is 10.6. The van der Waals surface area contributed by atoms with E-state index in [-0.39, 0.29) is 41.2 Å². The maximum Gasteiger partial charge on any atom is 0.212 e. The van der Waals surface area contributed by atoms with E-state index in [1.807, 2.05) is 38.4 Å². The smallest absolute Gasteiger partial charge is 0.201 e. The Morgan fingerprint density at radius 2 is 1.67 bits per heavy atom. The molecule has 3 rings (SSSR count). The Morgan fingerprint density at radius 1 is 0.958 bits per heavy atom. The van der Waals surface area contributed by atoms with E-state index in [2.05, 4.69) is 37.5 Å². The number of benzene rings is 2. The summed E-state index contributed by atoms with van der Waals surface area (Å²) in [5, 5.41) is 0. The molecule has 2 aromatic carbocycles. The molecule has 0 radical (unpaired) electrons. The molecule has 0 spiro atoms. The molecule has 0 aliphatic carbocycles. The summed E-state index contributed by atoms with van der Waals surface area (Å²) in [5.41, 5.74) is 4.72. The van der Waals surface area contributed by atoms with Crippen LogP contribution in [0.1, 0.15) is 38.8 Å². The molecule has 0 atom stereocenters. The van der Waals surface area contributed by atoms with Crippen LogP contribution in [0.25, 0.3) is 22.4 Å². The first kappa shape index (κ1) is 11.2. The summed E-state index contributed by atoms with van der Waals surface area (Å²) in [4.78, 5) is 0. The lowest BCUT2D eigenvalue weighted by atomic mass is 9.79. The molecular formula is C23H26N+. The molecule has 24 heavy (non-hydrogen) atoms. The minimum atomic E-state index is -0.370. The van der Waals surface area contributed by atoms with Crippen LogP contribution in [0.4, 0.5) is 0 Å². The van der Waals surface area contributed by atoms with Gasteiger partial charge in [-0.3, -0.25) is 0 Å². The van der Waals surface area contributed by atoms with Crippen LogP contribution in [0.2, 0.25) is 0 Å². The second-order valence-corrected chi connectivity index (χ2v) is 7.16. The van der Waals surface area contributed by atoms with Crippen molar-refractivity contribution in [3.8, 4) is 22.4 Å². The van der Waals surface area contributed by atoms with E-state index in [0.29, 0.717) is 5.56 Å². The maximum absolute atomic E-state index is 8.42. The van der Waals surface area contributed by atoms with E-state index >= 15 is 0 Å². The lowest BCUT2D eigenvalue weighted by molar-refractivity contribution is -0.660. The van der Waals surface area contributed by atoms with Crippen LogP contribution in [-0.4, -0.2) is 0 Å². The van der Waals surface area contributed by atoms with Crippen molar-refractivity contribution in [1.82, 2.24) is 0 Å². The molecule has 0 unspecified atom stereocenters. The van der Waals surface area contributed by atoms with Crippen molar-refractivity contribution in [3.63, 3.8) is 0 Å². The minimum Gasteiger partial charge on any atom is -0.201 e. The highest BCUT2D eigenvalue weighted by Gasteiger charge is 2.23. The SMILES string of the molecule is [2H]c1c([2H])c([2H])c(-c2cc(C)c(-c3cccc[n+]3C)cc2C(C)(C)C)c([2H])c1[2H]. The fourth-order valence-electron chi connectivity index (χ4n) is 3.00. The Kier molecular flexibility index (Phi) is 2.91. The highest BCUT2D eigenvalue weighted by molar-refractivity contribution is 5.75. The predicted octanol–water partition coefficient (Wildman–Crippen LogP) is 5.45. The van der Waals surface area contributed by atoms with Crippen LogP contribution in [0.15, 0.2) is 66.7 Å². The van der Waals surface area contributed by atoms with Crippen LogP contribution in [-0.2, 0) is 12.5 Å². The van der Waals surface area contributed by atoms with E-state index in [4.69, 9.17) is 6.85 Å². The average molecular weight is 321 g/mol. The van der Waals surface area contributed by atoms with Gasteiger partial charge in [0.25, 0.3) is 0 Å². The van der Waals surface area contributed by atoms with Gasteiger partial charge in [-0.1, -0.05) is 57.0 Å². The molecule has 1 nitrogen and oxygen atoms in total. The number of aryl methyl sites for hydroxylation is 2. The van der Waals surface area contributed by atoms with Gasteiger partial charge < -0.3 is 0 Å². The van der Waals surface area contributed by atoms with Crippen molar-refractivity contribution < 1.29 is 11.4 Å². The third-order valence-electron chi connectivity index (χ3n) is 4.27. The molecule has 1 heteroatoms. The monoisotopic (exact) mass is 321 g/mol. The summed E-state index contributed by atoms with van der Waals surface area (Å²) in [6.45, 7) is 8.22. The van der Waals surface area contributed by atoms with Gasteiger partial charge in [0, 0.05) is 17.7 Å². The Bertz CT molecular complexity index is 1080. The van der Waals surface area contributed by atoms with E-state index in [1.54, 1.807) is 0 Å². The molecule has 122 valence electrons. The Hall–Kier alpha value is -2.41. The second-order valence-electron chi connectivity index (χ2n) is 7.16. The van der Waals surface area contributed by atoms with Crippen molar-refractivity contribution >= 4 is 0 Å². The quantitative estimate of drug-likeness (QED) is 0.552. The molecule has 3 aromatic rings. The fraction of sp³-hybridized carbons (Fsp3) is 0.261. The lowest BCUT2D eigenvalue weighted by Crippen LogP contribution is -2.30. The molecule has 0 aliphatic heterocycles. The lowest BCUT2D eigenvalue weighted by Gasteiger charge is -2.25. The van der Waals surface area contributed by atoms with Gasteiger partial charge in [0.1, 0.15) is 7.05 Å². The molecule has 0 N–H and O–H groups in total. The van der Waals surface area contributed by atoms with Gasteiger partial charge in [-0.05, 0) is 46.7 Å². The average Bonchev–Trinajstić information content (AvgIpc) is 2.65. The summed E-state index contributed by atoms with van der Waals surface area (Å²) in [6, 6.07) is 8.76. The van der Waals surface area contributed by atoms with Crippen LogP contribution in [0.3, 0.4) is 0 Å². The Labute approximate surface area is 152 Å². The van der Waals surface area contributed by atoms with Crippen molar-refractivity contribution in [2.75, 3.05) is 0 Å². The van der Waals surface area contributed by atoms with Crippen LogP contribution >= 0.6 is 0 Å². The van der Waals surface area contributed by atoms with Crippen molar-refractivity contribution in [1.29, 1.82) is 0 Å². The zero-order chi connectivity index (χ0) is 21.7. The van der Waals surface area contributed by atoms with Gasteiger partial charge in [0.05, 0.1) is 6.85 Å². The molecular weight excluding hydrogens is 290 g/mol. The summed E-state index contributed by atoms with van der Waals surface area (Å²) in [5.74, 6) is 0. The standard InChI is InChI=1S/C23H26N/c1-17-15-20(18-11-7-6-8-12-18)21(23(2,3)4)16-19(17)22-13-9-10-14-24(22)5/h6-16H,1-5H3/q+1/i6D,7D,8D,11D,12D. The largest absolute Gasteiger partial charge is 0.212 e. The zero-order valence-corrected chi connectivity index (χ0v) is 14.9. The van der Waals surface area contributed by atoms with E-state index in [0.717, 1.165) is 22.4 Å². The zero-order valence-electron chi connectivity index (χ0n) is 19.9. The molecule has 1 aromatic heterocycles. The van der Waals surface area contributed by atoms with Gasteiger partial charge in [0.15, 0.2) is 6.20 Å². The first-order valence-corrected chi connectivity index (χ1v) is 8.12. The molecule has 0 fully saturated rings. The summed E-state index contributed by atoms with van der Waals surface area (Å²) >= 11 is 0. The number of hydrogen-bond donors (Lipinski definition) is 0. The topological polar surface area (TPSA) is 3.88 Å². The normalized spacial score (nSPS) is 14.5. The first-order chi connectivity index (χ1) is 13.4. The van der Waals surface area contributed by atoms with E-state index < -0.39 is 0 Å². The third kappa shape index (κ3) is 3.12. The summed E-state index contributed by atoms with van der Waals surface area (Å²) < 4.78 is 42.9. The number of rotatable bonds is 2. The van der Waals surface area contributed by atoms with E-state index in [9.17, 15) is 0 Å². The van der Waals surface area contributed by atoms with Gasteiger partial charge >= 0.3 is 0 Å². The Balaban J connectivity index is 2.42. The summed E-state index contributed by atoms with van der Waals surface area (Å²) in [6.07, 6.45) is 2.00. The van der Waals surface area contributed by atoms with Crippen LogP contribution in [0.5, 0.6) is 0 Å². The molecule has 0 saturated heterocycles. The van der Waals surface area contributed by atoms with Gasteiger partial charge in [-0.2, -0.15) is 0 Å². The number of aromatic nitrogens is 1. The van der Waals surface area contributed by atoms with Gasteiger partial charge in [-0.25, -0.2) is 4.57 Å². The maximum atomic E-state index is 8.42. The molecule has 0 aliphatic rings. The molecule has 1 heterocycles. The highest BCUT2D eigenvalue weighted by atomic mass is 14.9. The molecule has 0 saturated carbocycles. The number of hydrogen-bond acceptors (Lipinski definition) is 0. The minimum absolute atomic E-state index is 0.168. The predicted molar refractivity (Wildman–Crippen MR) is 102 cm³/mol. The third-order valence-corrected chi connectivity index (χ3v) is 4.27. The highest BCUT2D eigenvalue weighted by Crippen LogP contribution is 2.37. The molecule has 0 amide bonds. The van der Waals surface area contributed by atoms with Gasteiger partial charge in [0.2, 0.25) is 5.69 Å². The van der Waals surface area contributed by atoms with Crippen LogP contribution in [0, 0.1) is 6.92 Å². The van der Waals surface area contributed by atoms with Crippen molar-refractivity contribution in [2.45, 2.75) is 33.1 Å². The number of pyridine rings is 1. The van der Waals surface area contributed by atoms with Gasteiger partial charge in [-0.15, -0.1) is 0 Å². The fourth-order valence-corrected chi connectivity index (χ4v) is 3.00. The number of nitrogens with zero attached hydrogens (tertiary/aromatic N) is 1. The Morgan fingerprint density at radius 3 is 2.29 bits per heavy atom. The molecule has 0 bridgehead atoms.